The largest absolute Gasteiger partial charge is 0.468 e. The fourth-order valence-corrected chi connectivity index (χ4v) is 2.85. The molecule has 0 aromatic carbocycles. The van der Waals surface area contributed by atoms with Gasteiger partial charge in [-0.05, 0) is 31.2 Å². The van der Waals surface area contributed by atoms with E-state index < -0.39 is 0 Å². The van der Waals surface area contributed by atoms with Crippen LogP contribution >= 0.6 is 0 Å². The number of nitrogens with one attached hydrogen (secondary N) is 1. The summed E-state index contributed by atoms with van der Waals surface area (Å²) >= 11 is 0. The summed E-state index contributed by atoms with van der Waals surface area (Å²) in [4.78, 5) is 16.5. The Kier molecular flexibility index (Phi) is 4.71. The molecule has 0 unspecified atom stereocenters. The Labute approximate surface area is 136 Å². The van der Waals surface area contributed by atoms with Gasteiger partial charge in [-0.25, -0.2) is 4.79 Å². The van der Waals surface area contributed by atoms with Gasteiger partial charge < -0.3 is 19.2 Å². The molecule has 2 aromatic rings. The predicted molar refractivity (Wildman–Crippen MR) is 87.9 cm³/mol. The first-order chi connectivity index (χ1) is 11.1. The molecule has 3 heterocycles. The molecule has 0 saturated carbocycles. The number of furan rings is 1. The lowest BCUT2D eigenvalue weighted by Gasteiger charge is -2.34. The number of hydrogen-bond acceptors (Lipinski definition) is 3. The summed E-state index contributed by atoms with van der Waals surface area (Å²) in [6, 6.07) is 8.03. The smallest absolute Gasteiger partial charge is 0.317 e. The SMILES string of the molecule is Cc1ccc(CNC(=O)N2CCN(Cc3ccco3)CC2)n1C. The van der Waals surface area contributed by atoms with E-state index in [1.54, 1.807) is 6.26 Å². The van der Waals surface area contributed by atoms with Crippen molar-refractivity contribution in [3.63, 3.8) is 0 Å². The third kappa shape index (κ3) is 3.76. The van der Waals surface area contributed by atoms with E-state index in [4.69, 9.17) is 4.42 Å². The van der Waals surface area contributed by atoms with Gasteiger partial charge in [-0.1, -0.05) is 0 Å². The minimum atomic E-state index is 0.0153. The number of carbonyl (C=O) groups excluding carboxylic acids is 1. The molecule has 124 valence electrons. The van der Waals surface area contributed by atoms with Gasteiger partial charge in [-0.15, -0.1) is 0 Å². The maximum Gasteiger partial charge on any atom is 0.317 e. The van der Waals surface area contributed by atoms with Crippen molar-refractivity contribution in [1.29, 1.82) is 0 Å². The van der Waals surface area contributed by atoms with E-state index in [2.05, 4.69) is 33.8 Å². The minimum Gasteiger partial charge on any atom is -0.468 e. The number of amides is 2. The molecule has 6 heteroatoms. The molecule has 2 aromatic heterocycles. The molecule has 1 aliphatic rings. The normalized spacial score (nSPS) is 15.8. The van der Waals surface area contributed by atoms with Gasteiger partial charge in [0.2, 0.25) is 0 Å². The van der Waals surface area contributed by atoms with E-state index in [1.807, 2.05) is 24.1 Å². The number of aromatic nitrogens is 1. The maximum absolute atomic E-state index is 12.3. The average Bonchev–Trinajstić information content (AvgIpc) is 3.17. The van der Waals surface area contributed by atoms with Crippen molar-refractivity contribution in [3.8, 4) is 0 Å². The molecule has 0 spiro atoms. The van der Waals surface area contributed by atoms with Crippen molar-refractivity contribution >= 4 is 6.03 Å². The molecule has 2 amide bonds. The lowest BCUT2D eigenvalue weighted by molar-refractivity contribution is 0.130. The van der Waals surface area contributed by atoms with Gasteiger partial charge in [0.05, 0.1) is 19.4 Å². The Balaban J connectivity index is 1.44. The fraction of sp³-hybridized carbons (Fsp3) is 0.471. The number of rotatable bonds is 4. The van der Waals surface area contributed by atoms with Gasteiger partial charge in [0.25, 0.3) is 0 Å². The van der Waals surface area contributed by atoms with Crippen LogP contribution in [0.1, 0.15) is 17.1 Å². The lowest BCUT2D eigenvalue weighted by atomic mass is 10.3. The topological polar surface area (TPSA) is 53.7 Å². The van der Waals surface area contributed by atoms with E-state index in [9.17, 15) is 4.79 Å². The molecule has 6 nitrogen and oxygen atoms in total. The molecular weight excluding hydrogens is 292 g/mol. The van der Waals surface area contributed by atoms with Crippen LogP contribution in [0.3, 0.4) is 0 Å². The first-order valence-electron chi connectivity index (χ1n) is 8.02. The van der Waals surface area contributed by atoms with Crippen LogP contribution in [-0.2, 0) is 20.1 Å². The lowest BCUT2D eigenvalue weighted by Crippen LogP contribution is -2.51. The summed E-state index contributed by atoms with van der Waals surface area (Å²) in [6.07, 6.45) is 1.70. The van der Waals surface area contributed by atoms with Crippen molar-refractivity contribution in [2.45, 2.75) is 20.0 Å². The van der Waals surface area contributed by atoms with E-state index in [0.29, 0.717) is 6.54 Å². The van der Waals surface area contributed by atoms with Gasteiger partial charge in [0.1, 0.15) is 5.76 Å². The highest BCUT2D eigenvalue weighted by Gasteiger charge is 2.21. The van der Waals surface area contributed by atoms with Crippen LogP contribution in [0.2, 0.25) is 0 Å². The number of nitrogens with zero attached hydrogens (tertiary/aromatic N) is 3. The molecule has 0 aliphatic carbocycles. The van der Waals surface area contributed by atoms with Crippen LogP contribution in [0.15, 0.2) is 34.9 Å². The summed E-state index contributed by atoms with van der Waals surface area (Å²) in [6.45, 7) is 6.68. The Bertz CT molecular complexity index is 640. The molecule has 1 saturated heterocycles. The Hall–Kier alpha value is -2.21. The van der Waals surface area contributed by atoms with Gasteiger partial charge in [-0.3, -0.25) is 4.90 Å². The molecule has 0 atom stereocenters. The standard InChI is InChI=1S/C17H24N4O2/c1-14-5-6-15(19(14)2)12-18-17(22)21-9-7-20(8-10-21)13-16-4-3-11-23-16/h3-6,11H,7-10,12-13H2,1-2H3,(H,18,22). The molecule has 0 bridgehead atoms. The first-order valence-corrected chi connectivity index (χ1v) is 8.02. The molecule has 1 aliphatic heterocycles. The van der Waals surface area contributed by atoms with Gasteiger partial charge >= 0.3 is 6.03 Å². The third-order valence-electron chi connectivity index (χ3n) is 4.52. The molecule has 1 fully saturated rings. The van der Waals surface area contributed by atoms with Gasteiger partial charge in [-0.2, -0.15) is 0 Å². The summed E-state index contributed by atoms with van der Waals surface area (Å²) < 4.78 is 7.47. The maximum atomic E-state index is 12.3. The summed E-state index contributed by atoms with van der Waals surface area (Å²) in [5, 5.41) is 3.01. The first kappa shape index (κ1) is 15.7. The average molecular weight is 316 g/mol. The Morgan fingerprint density at radius 3 is 2.61 bits per heavy atom. The van der Waals surface area contributed by atoms with E-state index >= 15 is 0 Å². The number of hydrogen-bond donors (Lipinski definition) is 1. The molecule has 1 N–H and O–H groups in total. The molecular formula is C17H24N4O2. The highest BCUT2D eigenvalue weighted by atomic mass is 16.3. The number of carbonyl (C=O) groups is 1. The van der Waals surface area contributed by atoms with Gasteiger partial charge in [0.15, 0.2) is 0 Å². The van der Waals surface area contributed by atoms with E-state index in [1.165, 1.54) is 5.69 Å². The second kappa shape index (κ2) is 6.91. The van der Waals surface area contributed by atoms with Crippen LogP contribution < -0.4 is 5.32 Å². The summed E-state index contributed by atoms with van der Waals surface area (Å²) in [5.74, 6) is 0.974. The van der Waals surface area contributed by atoms with E-state index in [-0.39, 0.29) is 6.03 Å². The number of aryl methyl sites for hydroxylation is 1. The van der Waals surface area contributed by atoms with Crippen molar-refractivity contribution in [2.75, 3.05) is 26.2 Å². The number of piperazine rings is 1. The predicted octanol–water partition coefficient (Wildman–Crippen LogP) is 1.95. The van der Waals surface area contributed by atoms with Gasteiger partial charge in [0, 0.05) is 44.6 Å². The molecule has 3 rings (SSSR count). The van der Waals surface area contributed by atoms with Crippen molar-refractivity contribution < 1.29 is 9.21 Å². The van der Waals surface area contributed by atoms with Crippen LogP contribution in [0, 0.1) is 6.92 Å². The quantitative estimate of drug-likeness (QED) is 0.938. The van der Waals surface area contributed by atoms with Crippen molar-refractivity contribution in [3.05, 3.63) is 47.7 Å². The Morgan fingerprint density at radius 2 is 2.00 bits per heavy atom. The third-order valence-corrected chi connectivity index (χ3v) is 4.52. The highest BCUT2D eigenvalue weighted by molar-refractivity contribution is 5.74. The van der Waals surface area contributed by atoms with Crippen LogP contribution in [-0.4, -0.2) is 46.6 Å². The number of urea groups is 1. The molecule has 23 heavy (non-hydrogen) atoms. The minimum absolute atomic E-state index is 0.0153. The fourth-order valence-electron chi connectivity index (χ4n) is 2.85. The van der Waals surface area contributed by atoms with Crippen LogP contribution in [0.25, 0.3) is 0 Å². The van der Waals surface area contributed by atoms with E-state index in [0.717, 1.165) is 44.2 Å². The van der Waals surface area contributed by atoms with Crippen molar-refractivity contribution in [1.82, 2.24) is 19.7 Å². The zero-order chi connectivity index (χ0) is 16.2. The Morgan fingerprint density at radius 1 is 1.22 bits per heavy atom. The monoisotopic (exact) mass is 316 g/mol. The zero-order valence-corrected chi connectivity index (χ0v) is 13.8. The van der Waals surface area contributed by atoms with Crippen LogP contribution in [0.4, 0.5) is 4.79 Å². The summed E-state index contributed by atoms with van der Waals surface area (Å²) in [7, 11) is 2.02. The van der Waals surface area contributed by atoms with Crippen molar-refractivity contribution in [2.24, 2.45) is 7.05 Å². The second-order valence-corrected chi connectivity index (χ2v) is 6.03. The summed E-state index contributed by atoms with van der Waals surface area (Å²) in [5.41, 5.74) is 2.31. The highest BCUT2D eigenvalue weighted by Crippen LogP contribution is 2.10. The van der Waals surface area contributed by atoms with Crippen LogP contribution in [0.5, 0.6) is 0 Å². The molecule has 0 radical (unpaired) electrons. The second-order valence-electron chi connectivity index (χ2n) is 6.03. The zero-order valence-electron chi connectivity index (χ0n) is 13.8.